The highest BCUT2D eigenvalue weighted by Gasteiger charge is 2.44. The number of Topliss-reactive ketones (excluding diaryl/α,β-unsaturated/α-hetero) is 2. The number of nitrogens with two attached hydrogens (primary N) is 1. The maximum atomic E-state index is 13.4. The van der Waals surface area contributed by atoms with Crippen molar-refractivity contribution in [3.05, 3.63) is 65.9 Å². The highest BCUT2D eigenvalue weighted by Crippen LogP contribution is 2.34. The molecule has 2 aromatic carbocycles. The number of fused-ring (bicyclic) bond motifs is 2. The third kappa shape index (κ3) is 7.28. The number of H-pyrrole nitrogens is 1. The molecule has 6 heterocycles. The van der Waals surface area contributed by atoms with Gasteiger partial charge in [0, 0.05) is 120 Å². The Hall–Kier alpha value is -5.18. The van der Waals surface area contributed by atoms with Gasteiger partial charge in [0.2, 0.25) is 0 Å². The third-order valence-corrected chi connectivity index (χ3v) is 12.6. The molecular weight excluding hydrogens is 709 g/mol. The lowest BCUT2D eigenvalue weighted by Gasteiger charge is -2.40. The second-order valence-electron chi connectivity index (χ2n) is 16.1. The van der Waals surface area contributed by atoms with Crippen LogP contribution in [0.25, 0.3) is 22.2 Å². The first-order chi connectivity index (χ1) is 27.3. The summed E-state index contributed by atoms with van der Waals surface area (Å²) in [4.78, 5) is 69.1. The molecule has 56 heavy (non-hydrogen) atoms. The Balaban J connectivity index is 0.695. The molecule has 1 atom stereocenters. The fraction of sp³-hybridized carbons (Fsp3) is 0.476. The number of hydrogen-bond acceptors (Lipinski definition) is 12. The Morgan fingerprint density at radius 1 is 0.714 bits per heavy atom. The number of anilines is 3. The minimum absolute atomic E-state index is 0.127. The molecule has 4 aliphatic heterocycles. The van der Waals surface area contributed by atoms with Crippen molar-refractivity contribution >= 4 is 51.5 Å². The van der Waals surface area contributed by atoms with Gasteiger partial charge >= 0.3 is 0 Å². The minimum Gasteiger partial charge on any atom is -0.399 e. The average Bonchev–Trinajstić information content (AvgIpc) is 3.75. The van der Waals surface area contributed by atoms with Crippen LogP contribution in [0.15, 0.2) is 54.7 Å². The number of carbonyl (C=O) groups excluding carboxylic acids is 4. The van der Waals surface area contributed by atoms with E-state index in [1.807, 2.05) is 42.6 Å². The van der Waals surface area contributed by atoms with Crippen LogP contribution in [0.3, 0.4) is 0 Å². The van der Waals surface area contributed by atoms with Crippen molar-refractivity contribution in [1.29, 1.82) is 0 Å². The number of nitrogens with zero attached hydrogens (tertiary/aromatic N) is 8. The van der Waals surface area contributed by atoms with Gasteiger partial charge in [-0.05, 0) is 73.7 Å². The zero-order chi connectivity index (χ0) is 38.3. The van der Waals surface area contributed by atoms with Crippen LogP contribution in [0.2, 0.25) is 0 Å². The zero-order valence-electron chi connectivity index (χ0n) is 31.9. The molecule has 0 bridgehead atoms. The summed E-state index contributed by atoms with van der Waals surface area (Å²) in [5.74, 6) is 0.314. The molecule has 9 rings (SSSR count). The normalized spacial score (nSPS) is 22.1. The standard InChI is InChI=1S/C42H50N10O4/c43-30-1-5-36-35(24-30)40(46-45-36)29-7-10-44-39(23-29)51-21-19-48(20-22-51)14-13-47-15-17-49(18-16-47)27-28-8-11-50(12-9-28)31-2-4-33-34(25-31)42(56)52(41(33)55)37-6-3-32(53)26-38(37)54/h1-2,4-5,7,10,23-25,28,37H,3,6,8-9,11-22,26-27,43H2,(H,45,46). The summed E-state index contributed by atoms with van der Waals surface area (Å²) < 4.78 is 0. The van der Waals surface area contributed by atoms with E-state index < -0.39 is 17.9 Å². The average molecular weight is 759 g/mol. The van der Waals surface area contributed by atoms with Crippen molar-refractivity contribution in [3.63, 3.8) is 0 Å². The van der Waals surface area contributed by atoms with Crippen molar-refractivity contribution in [2.75, 3.05) is 101 Å². The number of piperazine rings is 2. The number of piperidine rings is 1. The summed E-state index contributed by atoms with van der Waals surface area (Å²) in [7, 11) is 0. The fourth-order valence-corrected chi connectivity index (χ4v) is 9.27. The molecule has 14 heteroatoms. The maximum absolute atomic E-state index is 13.4. The van der Waals surface area contributed by atoms with Gasteiger partial charge in [0.15, 0.2) is 5.78 Å². The Bertz CT molecular complexity index is 2150. The van der Waals surface area contributed by atoms with Crippen molar-refractivity contribution in [2.24, 2.45) is 5.92 Å². The van der Waals surface area contributed by atoms with E-state index in [1.165, 1.54) is 0 Å². The molecule has 2 amide bonds. The van der Waals surface area contributed by atoms with Crippen LogP contribution < -0.4 is 15.5 Å². The maximum Gasteiger partial charge on any atom is 0.262 e. The number of nitrogen functional groups attached to an aromatic ring is 1. The molecule has 292 valence electrons. The van der Waals surface area contributed by atoms with Gasteiger partial charge < -0.3 is 20.4 Å². The molecule has 4 aromatic rings. The Kier molecular flexibility index (Phi) is 10.0. The molecule has 0 radical (unpaired) electrons. The first-order valence-electron chi connectivity index (χ1n) is 20.2. The number of rotatable bonds is 9. The first kappa shape index (κ1) is 36.5. The fourth-order valence-electron chi connectivity index (χ4n) is 9.27. The molecule has 1 saturated carbocycles. The number of hydrogen-bond donors (Lipinski definition) is 2. The van der Waals surface area contributed by atoms with Crippen LogP contribution in [0.1, 0.15) is 52.8 Å². The largest absolute Gasteiger partial charge is 0.399 e. The highest BCUT2D eigenvalue weighted by atomic mass is 16.2. The SMILES string of the molecule is Nc1ccc2[nH]nc(-c3ccnc(N4CCN(CCN5CCN(CC6CCN(c7ccc8c(c7)C(=O)N(C7CCC(=O)CC7=O)C8=O)CC6)CC5)CC4)c3)c2c1. The number of amides is 2. The third-order valence-electron chi connectivity index (χ3n) is 12.6. The smallest absolute Gasteiger partial charge is 0.262 e. The zero-order valence-corrected chi connectivity index (χ0v) is 31.9. The summed E-state index contributed by atoms with van der Waals surface area (Å²) in [5.41, 5.74) is 11.4. The summed E-state index contributed by atoms with van der Waals surface area (Å²) >= 11 is 0. The first-order valence-corrected chi connectivity index (χ1v) is 20.2. The summed E-state index contributed by atoms with van der Waals surface area (Å²) in [6.45, 7) is 13.5. The van der Waals surface area contributed by atoms with Crippen molar-refractivity contribution in [1.82, 2.24) is 34.8 Å². The molecule has 3 saturated heterocycles. The van der Waals surface area contributed by atoms with Gasteiger partial charge in [-0.3, -0.25) is 39.0 Å². The minimum atomic E-state index is -0.839. The van der Waals surface area contributed by atoms with E-state index >= 15 is 0 Å². The highest BCUT2D eigenvalue weighted by molar-refractivity contribution is 6.24. The van der Waals surface area contributed by atoms with Crippen LogP contribution in [-0.2, 0) is 9.59 Å². The molecular formula is C42H50N10O4. The van der Waals surface area contributed by atoms with Crippen molar-refractivity contribution in [3.8, 4) is 11.3 Å². The van der Waals surface area contributed by atoms with Gasteiger partial charge in [-0.1, -0.05) is 0 Å². The number of aromatic amines is 1. The van der Waals surface area contributed by atoms with E-state index in [4.69, 9.17) is 10.7 Å². The van der Waals surface area contributed by atoms with Gasteiger partial charge in [0.1, 0.15) is 17.3 Å². The second kappa shape index (κ2) is 15.4. The number of benzene rings is 2. The Labute approximate surface area is 326 Å². The number of aromatic nitrogens is 3. The van der Waals surface area contributed by atoms with Crippen LogP contribution in [-0.4, -0.2) is 149 Å². The van der Waals surface area contributed by atoms with Crippen LogP contribution >= 0.6 is 0 Å². The molecule has 5 aliphatic rings. The van der Waals surface area contributed by atoms with E-state index in [-0.39, 0.29) is 30.8 Å². The Morgan fingerprint density at radius 2 is 1.43 bits per heavy atom. The Morgan fingerprint density at radius 3 is 2.18 bits per heavy atom. The molecule has 14 nitrogen and oxygen atoms in total. The van der Waals surface area contributed by atoms with Crippen LogP contribution in [0, 0.1) is 5.92 Å². The lowest BCUT2D eigenvalue weighted by Crippen LogP contribution is -2.52. The predicted molar refractivity (Wildman–Crippen MR) is 215 cm³/mol. The quantitative estimate of drug-likeness (QED) is 0.146. The van der Waals surface area contributed by atoms with E-state index in [0.717, 1.165) is 142 Å². The van der Waals surface area contributed by atoms with E-state index in [2.05, 4.69) is 40.8 Å². The molecule has 0 spiro atoms. The van der Waals surface area contributed by atoms with Crippen molar-refractivity contribution < 1.29 is 19.2 Å². The van der Waals surface area contributed by atoms with Gasteiger partial charge in [0.05, 0.1) is 29.1 Å². The lowest BCUT2D eigenvalue weighted by molar-refractivity contribution is -0.132. The topological polar surface area (TPSA) is 155 Å². The van der Waals surface area contributed by atoms with Gasteiger partial charge in [-0.25, -0.2) is 4.98 Å². The summed E-state index contributed by atoms with van der Waals surface area (Å²) in [5, 5.41) is 8.72. The van der Waals surface area contributed by atoms with Crippen molar-refractivity contribution in [2.45, 2.75) is 38.1 Å². The van der Waals surface area contributed by atoms with E-state index in [1.54, 1.807) is 6.07 Å². The predicted octanol–water partition coefficient (Wildman–Crippen LogP) is 3.15. The molecule has 3 N–H and O–H groups in total. The number of pyridine rings is 1. The summed E-state index contributed by atoms with van der Waals surface area (Å²) in [6.07, 6.45) is 4.28. The van der Waals surface area contributed by atoms with Gasteiger partial charge in [-0.15, -0.1) is 0 Å². The monoisotopic (exact) mass is 758 g/mol. The van der Waals surface area contributed by atoms with Gasteiger partial charge in [-0.2, -0.15) is 5.10 Å². The summed E-state index contributed by atoms with van der Waals surface area (Å²) in [6, 6.07) is 14.6. The van der Waals surface area contributed by atoms with E-state index in [9.17, 15) is 19.2 Å². The number of ketones is 2. The molecule has 2 aromatic heterocycles. The number of imide groups is 1. The molecule has 4 fully saturated rings. The number of carbonyl (C=O) groups is 4. The second-order valence-corrected chi connectivity index (χ2v) is 16.1. The van der Waals surface area contributed by atoms with Crippen LogP contribution in [0.5, 0.6) is 0 Å². The lowest BCUT2D eigenvalue weighted by atomic mass is 9.92. The van der Waals surface area contributed by atoms with E-state index in [0.29, 0.717) is 17.0 Å². The molecule has 1 unspecified atom stereocenters. The molecule has 1 aliphatic carbocycles. The van der Waals surface area contributed by atoms with Crippen LogP contribution in [0.4, 0.5) is 17.2 Å². The number of nitrogens with one attached hydrogen (secondary N) is 1. The van der Waals surface area contributed by atoms with Gasteiger partial charge in [0.25, 0.3) is 11.8 Å².